The third kappa shape index (κ3) is 7.31. The molecule has 228 valence electrons. The van der Waals surface area contributed by atoms with Gasteiger partial charge in [-0.05, 0) is 18.4 Å². The Morgan fingerprint density at radius 1 is 1.02 bits per heavy atom. The number of aliphatic hydroxyl groups excluding tert-OH is 3. The lowest BCUT2D eigenvalue weighted by atomic mass is 9.83. The molecule has 6 N–H and O–H groups in total. The van der Waals surface area contributed by atoms with Gasteiger partial charge in [-0.1, -0.05) is 35.5 Å². The summed E-state index contributed by atoms with van der Waals surface area (Å²) in [6, 6.07) is 9.04. The van der Waals surface area contributed by atoms with Crippen LogP contribution in [0.25, 0.3) is 0 Å². The first kappa shape index (κ1) is 30.0. The van der Waals surface area contributed by atoms with Crippen LogP contribution in [0, 0.1) is 0 Å². The zero-order chi connectivity index (χ0) is 29.7. The maximum Gasteiger partial charge on any atom is 0.243 e. The number of ether oxygens (including phenoxy) is 1. The average molecular weight is 586 g/mol. The normalized spacial score (nSPS) is 29.0. The summed E-state index contributed by atoms with van der Waals surface area (Å²) in [7, 11) is 0. The molecule has 0 radical (unpaired) electrons. The molecular formula is C28H39N7O7. The van der Waals surface area contributed by atoms with Gasteiger partial charge in [0.25, 0.3) is 0 Å². The molecule has 1 aromatic heterocycles. The zero-order valence-electron chi connectivity index (χ0n) is 23.4. The number of nitrogens with one attached hydrogen (secondary N) is 3. The number of fused-ring (bicyclic) bond motifs is 2. The Kier molecular flexibility index (Phi) is 9.48. The monoisotopic (exact) mass is 585 g/mol. The lowest BCUT2D eigenvalue weighted by Crippen LogP contribution is -2.59. The molecule has 3 aliphatic heterocycles. The van der Waals surface area contributed by atoms with Crippen LogP contribution in [0.4, 0.5) is 0 Å². The van der Waals surface area contributed by atoms with Crippen LogP contribution in [0.1, 0.15) is 36.9 Å². The van der Waals surface area contributed by atoms with Gasteiger partial charge in [-0.2, -0.15) is 0 Å². The molecule has 5 rings (SSSR count). The fraction of sp³-hybridized carbons (Fsp3) is 0.607. The van der Waals surface area contributed by atoms with Crippen molar-refractivity contribution in [3.05, 3.63) is 47.8 Å². The SMILES string of the molecule is O=C1CC2(CCN(Cc3ccccc3)CC2)NC(=O)C[C@@H]2O[C@H](CNC(=O)[C@@H](Cc3cn(CCO)nn3)N1)C(O)C2O. The van der Waals surface area contributed by atoms with Crippen molar-refractivity contribution in [3.8, 4) is 0 Å². The number of aliphatic hydroxyl groups is 3. The minimum Gasteiger partial charge on any atom is -0.394 e. The Morgan fingerprint density at radius 3 is 2.50 bits per heavy atom. The fourth-order valence-corrected chi connectivity index (χ4v) is 5.96. The quantitative estimate of drug-likeness (QED) is 0.218. The first-order valence-corrected chi connectivity index (χ1v) is 14.4. The van der Waals surface area contributed by atoms with Gasteiger partial charge in [0.05, 0.1) is 36.9 Å². The van der Waals surface area contributed by atoms with Crippen LogP contribution in [-0.2, 0) is 38.6 Å². The highest BCUT2D eigenvalue weighted by molar-refractivity contribution is 5.88. The van der Waals surface area contributed by atoms with Crippen LogP contribution in [0.3, 0.4) is 0 Å². The number of nitrogens with zero attached hydrogens (tertiary/aromatic N) is 4. The Labute approximate surface area is 243 Å². The highest BCUT2D eigenvalue weighted by Gasteiger charge is 2.45. The summed E-state index contributed by atoms with van der Waals surface area (Å²) >= 11 is 0. The molecular weight excluding hydrogens is 546 g/mol. The number of piperidine rings is 1. The number of benzene rings is 1. The molecule has 14 heteroatoms. The van der Waals surface area contributed by atoms with E-state index in [1.807, 2.05) is 18.2 Å². The van der Waals surface area contributed by atoms with Crippen molar-refractivity contribution in [3.63, 3.8) is 0 Å². The van der Waals surface area contributed by atoms with Crippen molar-refractivity contribution in [1.82, 2.24) is 35.8 Å². The molecule has 3 fully saturated rings. The van der Waals surface area contributed by atoms with E-state index in [4.69, 9.17) is 4.74 Å². The van der Waals surface area contributed by atoms with Crippen molar-refractivity contribution in [2.75, 3.05) is 26.2 Å². The van der Waals surface area contributed by atoms with Gasteiger partial charge in [-0.3, -0.25) is 19.3 Å². The molecule has 2 aromatic rings. The number of hydrogen-bond donors (Lipinski definition) is 6. The molecule has 3 amide bonds. The first-order chi connectivity index (χ1) is 20.2. The standard InChI is InChI=1S/C28H39N7O7/c36-11-10-35-17-19(32-33-35)12-20-27(41)29-15-22-26(40)25(39)21(42-22)13-23(37)31-28(14-24(38)30-20)6-8-34(9-7-28)16-18-4-2-1-3-5-18/h1-5,17,20-22,25-26,36,39-40H,6-16H2,(H,29,41)(H,30,38)(H,31,37)/t20-,21+,22-,25?,26?/m1/s1. The van der Waals surface area contributed by atoms with Gasteiger partial charge in [0.15, 0.2) is 0 Å². The van der Waals surface area contributed by atoms with E-state index in [0.29, 0.717) is 31.6 Å². The van der Waals surface area contributed by atoms with E-state index < -0.39 is 47.8 Å². The van der Waals surface area contributed by atoms with Gasteiger partial charge >= 0.3 is 0 Å². The molecule has 42 heavy (non-hydrogen) atoms. The molecule has 1 aromatic carbocycles. The maximum atomic E-state index is 13.5. The fourth-order valence-electron chi connectivity index (χ4n) is 5.96. The molecule has 2 bridgehead atoms. The molecule has 3 saturated heterocycles. The summed E-state index contributed by atoms with van der Waals surface area (Å²) in [5.74, 6) is -1.29. The van der Waals surface area contributed by atoms with Crippen LogP contribution >= 0.6 is 0 Å². The largest absolute Gasteiger partial charge is 0.394 e. The lowest BCUT2D eigenvalue weighted by molar-refractivity contribution is -0.133. The van der Waals surface area contributed by atoms with E-state index in [-0.39, 0.29) is 44.9 Å². The van der Waals surface area contributed by atoms with Crippen LogP contribution in [0.5, 0.6) is 0 Å². The second-order valence-corrected chi connectivity index (χ2v) is 11.4. The van der Waals surface area contributed by atoms with E-state index in [9.17, 15) is 29.7 Å². The Balaban J connectivity index is 1.35. The summed E-state index contributed by atoms with van der Waals surface area (Å²) in [6.45, 7) is 2.02. The van der Waals surface area contributed by atoms with Crippen LogP contribution < -0.4 is 16.0 Å². The summed E-state index contributed by atoms with van der Waals surface area (Å²) in [5, 5.41) is 46.8. The number of carbonyl (C=O) groups excluding carboxylic acids is 3. The van der Waals surface area contributed by atoms with E-state index in [1.165, 1.54) is 10.2 Å². The van der Waals surface area contributed by atoms with Gasteiger partial charge < -0.3 is 36.0 Å². The molecule has 3 aliphatic rings. The second-order valence-electron chi connectivity index (χ2n) is 11.4. The van der Waals surface area contributed by atoms with Crippen LogP contribution in [0.2, 0.25) is 0 Å². The van der Waals surface area contributed by atoms with Crippen LogP contribution in [0.15, 0.2) is 36.5 Å². The maximum absolute atomic E-state index is 13.5. The minimum atomic E-state index is -1.30. The van der Waals surface area contributed by atoms with E-state index in [1.54, 1.807) is 6.20 Å². The van der Waals surface area contributed by atoms with Crippen molar-refractivity contribution in [2.45, 2.75) is 81.2 Å². The molecule has 0 saturated carbocycles. The topological polar surface area (TPSA) is 191 Å². The average Bonchev–Trinajstić information content (AvgIpc) is 3.52. The molecule has 4 heterocycles. The summed E-state index contributed by atoms with van der Waals surface area (Å²) < 4.78 is 7.23. The van der Waals surface area contributed by atoms with Crippen molar-refractivity contribution >= 4 is 17.7 Å². The summed E-state index contributed by atoms with van der Waals surface area (Å²) in [6.07, 6.45) is -2.08. The van der Waals surface area contributed by atoms with E-state index in [2.05, 4.69) is 43.3 Å². The van der Waals surface area contributed by atoms with Crippen LogP contribution in [-0.4, -0.2) is 115 Å². The number of aromatic nitrogens is 3. The highest BCUT2D eigenvalue weighted by atomic mass is 16.5. The second kappa shape index (κ2) is 13.3. The number of likely N-dealkylation sites (tertiary alicyclic amines) is 1. The number of amides is 3. The predicted octanol–water partition coefficient (Wildman–Crippen LogP) is -2.15. The lowest BCUT2D eigenvalue weighted by Gasteiger charge is -2.42. The molecule has 5 atom stereocenters. The van der Waals surface area contributed by atoms with Crippen molar-refractivity contribution < 1.29 is 34.4 Å². The number of carbonyl (C=O) groups is 3. The molecule has 1 spiro atoms. The van der Waals surface area contributed by atoms with Gasteiger partial charge in [0, 0.05) is 45.2 Å². The van der Waals surface area contributed by atoms with Crippen molar-refractivity contribution in [1.29, 1.82) is 0 Å². The molecule has 0 aliphatic carbocycles. The van der Waals surface area contributed by atoms with Gasteiger partial charge in [-0.15, -0.1) is 5.10 Å². The van der Waals surface area contributed by atoms with E-state index >= 15 is 0 Å². The predicted molar refractivity (Wildman–Crippen MR) is 147 cm³/mol. The Hall–Kier alpha value is -3.43. The Morgan fingerprint density at radius 2 is 1.76 bits per heavy atom. The van der Waals surface area contributed by atoms with Gasteiger partial charge in [-0.25, -0.2) is 4.68 Å². The minimum absolute atomic E-state index is 0.0343. The van der Waals surface area contributed by atoms with E-state index in [0.717, 1.165) is 6.54 Å². The third-order valence-electron chi connectivity index (χ3n) is 8.27. The third-order valence-corrected chi connectivity index (χ3v) is 8.27. The summed E-state index contributed by atoms with van der Waals surface area (Å²) in [4.78, 5) is 42.2. The van der Waals surface area contributed by atoms with Gasteiger partial charge in [0.2, 0.25) is 17.7 Å². The zero-order valence-corrected chi connectivity index (χ0v) is 23.4. The Bertz CT molecular complexity index is 1230. The smallest absolute Gasteiger partial charge is 0.243 e. The highest BCUT2D eigenvalue weighted by Crippen LogP contribution is 2.29. The first-order valence-electron chi connectivity index (χ1n) is 14.4. The number of hydrogen-bond acceptors (Lipinski definition) is 10. The van der Waals surface area contributed by atoms with Gasteiger partial charge in [0.1, 0.15) is 24.4 Å². The van der Waals surface area contributed by atoms with Crippen molar-refractivity contribution in [2.24, 2.45) is 0 Å². The summed E-state index contributed by atoms with van der Waals surface area (Å²) in [5.41, 5.74) is 0.743. The molecule has 2 unspecified atom stereocenters. The number of rotatable bonds is 6. The molecule has 14 nitrogen and oxygen atoms in total.